The summed E-state index contributed by atoms with van der Waals surface area (Å²) in [5.74, 6) is -0.463. The molecule has 2 amide bonds. The molecule has 0 unspecified atom stereocenters. The molecule has 0 saturated carbocycles. The molecular formula is C21H18ClN3O3. The van der Waals surface area contributed by atoms with Gasteiger partial charge in [0.1, 0.15) is 10.8 Å². The maximum absolute atomic E-state index is 12.6. The summed E-state index contributed by atoms with van der Waals surface area (Å²) in [7, 11) is 0. The number of hydrogen-bond acceptors (Lipinski definition) is 4. The summed E-state index contributed by atoms with van der Waals surface area (Å²) in [6, 6.07) is 16.0. The Kier molecular flexibility index (Phi) is 5.23. The quantitative estimate of drug-likeness (QED) is 0.687. The van der Waals surface area contributed by atoms with Crippen molar-refractivity contribution in [3.63, 3.8) is 0 Å². The van der Waals surface area contributed by atoms with Crippen molar-refractivity contribution in [2.24, 2.45) is 0 Å². The number of anilines is 1. The molecular weight excluding hydrogens is 378 g/mol. The Morgan fingerprint density at radius 1 is 1.04 bits per heavy atom. The van der Waals surface area contributed by atoms with Gasteiger partial charge >= 0.3 is 0 Å². The second-order valence-corrected chi connectivity index (χ2v) is 6.82. The Hall–Kier alpha value is -2.96. The maximum atomic E-state index is 12.6. The Balaban J connectivity index is 1.54. The first-order valence-electron chi connectivity index (χ1n) is 8.95. The van der Waals surface area contributed by atoms with Crippen LogP contribution in [0.4, 0.5) is 5.69 Å². The number of pyridine rings is 1. The number of fused-ring (bicyclic) bond motifs is 1. The molecule has 4 rings (SSSR count). The van der Waals surface area contributed by atoms with Crippen molar-refractivity contribution in [2.75, 3.05) is 31.6 Å². The molecule has 0 radical (unpaired) electrons. The first kappa shape index (κ1) is 18.4. The Morgan fingerprint density at radius 3 is 2.64 bits per heavy atom. The SMILES string of the molecule is O=C(Nc1cccc(C(=O)N2CCOCC2)c1)c1cc2ccccc2c(Cl)n1. The molecule has 2 aromatic carbocycles. The number of amides is 2. The average Bonchev–Trinajstić information content (AvgIpc) is 2.74. The van der Waals surface area contributed by atoms with Gasteiger partial charge in [-0.25, -0.2) is 4.98 Å². The van der Waals surface area contributed by atoms with E-state index < -0.39 is 0 Å². The Morgan fingerprint density at radius 2 is 1.82 bits per heavy atom. The Bertz CT molecular complexity index is 1050. The number of aromatic nitrogens is 1. The van der Waals surface area contributed by atoms with E-state index in [0.29, 0.717) is 37.6 Å². The molecule has 1 aliphatic rings. The largest absolute Gasteiger partial charge is 0.378 e. The maximum Gasteiger partial charge on any atom is 0.274 e. The number of carbonyl (C=O) groups is 2. The topological polar surface area (TPSA) is 71.5 Å². The highest BCUT2D eigenvalue weighted by atomic mass is 35.5. The average molecular weight is 396 g/mol. The van der Waals surface area contributed by atoms with Crippen molar-refractivity contribution in [2.45, 2.75) is 0 Å². The van der Waals surface area contributed by atoms with Gasteiger partial charge in [-0.05, 0) is 29.7 Å². The van der Waals surface area contributed by atoms with Crippen LogP contribution < -0.4 is 5.32 Å². The predicted molar refractivity (Wildman–Crippen MR) is 108 cm³/mol. The van der Waals surface area contributed by atoms with Gasteiger partial charge in [0, 0.05) is 29.7 Å². The van der Waals surface area contributed by atoms with Crippen LogP contribution in [-0.2, 0) is 4.74 Å². The third kappa shape index (κ3) is 3.83. The van der Waals surface area contributed by atoms with E-state index in [2.05, 4.69) is 10.3 Å². The van der Waals surface area contributed by atoms with Gasteiger partial charge in [-0.1, -0.05) is 41.9 Å². The predicted octanol–water partition coefficient (Wildman–Crippen LogP) is 3.61. The molecule has 0 spiro atoms. The van der Waals surface area contributed by atoms with Gasteiger partial charge in [0.2, 0.25) is 0 Å². The van der Waals surface area contributed by atoms with Crippen LogP contribution in [-0.4, -0.2) is 48.0 Å². The highest BCUT2D eigenvalue weighted by molar-refractivity contribution is 6.34. The summed E-state index contributed by atoms with van der Waals surface area (Å²) < 4.78 is 5.28. The fourth-order valence-corrected chi connectivity index (χ4v) is 3.41. The van der Waals surface area contributed by atoms with Crippen LogP contribution in [0.25, 0.3) is 10.8 Å². The second-order valence-electron chi connectivity index (χ2n) is 6.46. The summed E-state index contributed by atoms with van der Waals surface area (Å²) in [5.41, 5.74) is 1.26. The van der Waals surface area contributed by atoms with Crippen LogP contribution in [0.3, 0.4) is 0 Å². The fourth-order valence-electron chi connectivity index (χ4n) is 3.15. The zero-order chi connectivity index (χ0) is 19.5. The van der Waals surface area contributed by atoms with Gasteiger partial charge in [-0.3, -0.25) is 9.59 Å². The number of carbonyl (C=O) groups excluding carboxylic acids is 2. The minimum absolute atomic E-state index is 0.0775. The van der Waals surface area contributed by atoms with Crippen LogP contribution in [0.5, 0.6) is 0 Å². The number of halogens is 1. The molecule has 2 heterocycles. The lowest BCUT2D eigenvalue weighted by Gasteiger charge is -2.27. The monoisotopic (exact) mass is 395 g/mol. The lowest BCUT2D eigenvalue weighted by molar-refractivity contribution is 0.0303. The van der Waals surface area contributed by atoms with Gasteiger partial charge in [0.15, 0.2) is 0 Å². The molecule has 1 aliphatic heterocycles. The summed E-state index contributed by atoms with van der Waals surface area (Å²) in [6.45, 7) is 2.21. The summed E-state index contributed by atoms with van der Waals surface area (Å²) in [4.78, 5) is 31.2. The number of benzene rings is 2. The fraction of sp³-hybridized carbons (Fsp3) is 0.190. The van der Waals surface area contributed by atoms with Gasteiger partial charge in [-0.15, -0.1) is 0 Å². The standard InChI is InChI=1S/C21H18ClN3O3/c22-19-17-7-2-1-4-14(17)13-18(24-19)20(26)23-16-6-3-5-15(12-16)21(27)25-8-10-28-11-9-25/h1-7,12-13H,8-11H2,(H,23,26). The first-order valence-corrected chi connectivity index (χ1v) is 9.33. The minimum atomic E-state index is -0.386. The number of nitrogens with one attached hydrogen (secondary N) is 1. The molecule has 7 heteroatoms. The summed E-state index contributed by atoms with van der Waals surface area (Å²) >= 11 is 6.21. The molecule has 1 saturated heterocycles. The molecule has 1 aromatic heterocycles. The summed E-state index contributed by atoms with van der Waals surface area (Å²) in [5, 5.41) is 4.70. The third-order valence-corrected chi connectivity index (χ3v) is 4.88. The van der Waals surface area contributed by atoms with E-state index in [1.165, 1.54) is 0 Å². The van der Waals surface area contributed by atoms with E-state index in [-0.39, 0.29) is 22.7 Å². The van der Waals surface area contributed by atoms with E-state index in [1.807, 2.05) is 24.3 Å². The molecule has 0 atom stereocenters. The van der Waals surface area contributed by atoms with Crippen LogP contribution in [0.2, 0.25) is 5.15 Å². The van der Waals surface area contributed by atoms with E-state index >= 15 is 0 Å². The van der Waals surface area contributed by atoms with Crippen molar-refractivity contribution < 1.29 is 14.3 Å². The molecule has 6 nitrogen and oxygen atoms in total. The number of ether oxygens (including phenoxy) is 1. The van der Waals surface area contributed by atoms with Gasteiger partial charge in [0.05, 0.1) is 13.2 Å². The third-order valence-electron chi connectivity index (χ3n) is 4.59. The van der Waals surface area contributed by atoms with Crippen LogP contribution >= 0.6 is 11.6 Å². The normalized spacial score (nSPS) is 14.1. The van der Waals surface area contributed by atoms with Crippen molar-refractivity contribution in [3.8, 4) is 0 Å². The molecule has 1 fully saturated rings. The minimum Gasteiger partial charge on any atom is -0.378 e. The van der Waals surface area contributed by atoms with E-state index in [0.717, 1.165) is 10.8 Å². The number of rotatable bonds is 3. The van der Waals surface area contributed by atoms with Gasteiger partial charge in [-0.2, -0.15) is 0 Å². The Labute approximate surface area is 167 Å². The molecule has 0 bridgehead atoms. The smallest absolute Gasteiger partial charge is 0.274 e. The van der Waals surface area contributed by atoms with Crippen molar-refractivity contribution >= 4 is 39.9 Å². The van der Waals surface area contributed by atoms with Crippen molar-refractivity contribution in [1.82, 2.24) is 9.88 Å². The zero-order valence-electron chi connectivity index (χ0n) is 15.0. The van der Waals surface area contributed by atoms with Crippen LogP contribution in [0, 0.1) is 0 Å². The lowest BCUT2D eigenvalue weighted by Crippen LogP contribution is -2.40. The highest BCUT2D eigenvalue weighted by Gasteiger charge is 2.19. The zero-order valence-corrected chi connectivity index (χ0v) is 15.8. The molecule has 28 heavy (non-hydrogen) atoms. The molecule has 1 N–H and O–H groups in total. The summed E-state index contributed by atoms with van der Waals surface area (Å²) in [6.07, 6.45) is 0. The van der Waals surface area contributed by atoms with E-state index in [9.17, 15) is 9.59 Å². The first-order chi connectivity index (χ1) is 13.6. The molecule has 142 valence electrons. The van der Waals surface area contributed by atoms with Crippen LogP contribution in [0.1, 0.15) is 20.8 Å². The van der Waals surface area contributed by atoms with E-state index in [4.69, 9.17) is 16.3 Å². The van der Waals surface area contributed by atoms with Crippen LogP contribution in [0.15, 0.2) is 54.6 Å². The molecule has 0 aliphatic carbocycles. The number of morpholine rings is 1. The van der Waals surface area contributed by atoms with E-state index in [1.54, 1.807) is 35.2 Å². The number of nitrogens with zero attached hydrogens (tertiary/aromatic N) is 2. The number of hydrogen-bond donors (Lipinski definition) is 1. The lowest BCUT2D eigenvalue weighted by atomic mass is 10.1. The van der Waals surface area contributed by atoms with Crippen molar-refractivity contribution in [1.29, 1.82) is 0 Å². The van der Waals surface area contributed by atoms with Crippen molar-refractivity contribution in [3.05, 3.63) is 71.0 Å². The molecule has 3 aromatic rings. The highest BCUT2D eigenvalue weighted by Crippen LogP contribution is 2.23. The van der Waals surface area contributed by atoms with Gasteiger partial charge < -0.3 is 15.0 Å². The van der Waals surface area contributed by atoms with Gasteiger partial charge in [0.25, 0.3) is 11.8 Å². The second kappa shape index (κ2) is 7.96.